The van der Waals surface area contributed by atoms with Crippen molar-refractivity contribution in [3.8, 4) is 5.75 Å². The Balaban J connectivity index is 1.52. The largest absolute Gasteiger partial charge is 0.497 e. The maximum Gasteiger partial charge on any atom is 0.291 e. The number of nitrogens with one attached hydrogen (secondary N) is 2. The number of piperidine rings is 1. The number of carbonyl (C=O) groups excluding carboxylic acids is 1. The second-order valence-corrected chi connectivity index (χ2v) is 6.91. The first kappa shape index (κ1) is 18.0. The van der Waals surface area contributed by atoms with Gasteiger partial charge in [-0.1, -0.05) is 18.2 Å². The van der Waals surface area contributed by atoms with E-state index in [-0.39, 0.29) is 17.4 Å². The van der Waals surface area contributed by atoms with Crippen LogP contribution in [0.4, 0.5) is 11.5 Å². The normalized spacial score (nSPS) is 16.8. The lowest BCUT2D eigenvalue weighted by molar-refractivity contribution is -0.120. The highest BCUT2D eigenvalue weighted by molar-refractivity contribution is 5.93. The van der Waals surface area contributed by atoms with Crippen molar-refractivity contribution < 1.29 is 9.53 Å². The highest BCUT2D eigenvalue weighted by atomic mass is 16.5. The number of aromatic nitrogens is 2. The topological polar surface area (TPSA) is 87.3 Å². The molecular formula is C21H22N4O3. The smallest absolute Gasteiger partial charge is 0.291 e. The SMILES string of the molecule is COc1cccc(NC(=O)[C@@H]2CCCN(c3nc4ccccc4[nH]c3=O)C2)c1. The van der Waals surface area contributed by atoms with Gasteiger partial charge in [-0.05, 0) is 37.1 Å². The van der Waals surface area contributed by atoms with E-state index in [2.05, 4.69) is 15.3 Å². The third kappa shape index (κ3) is 3.69. The van der Waals surface area contributed by atoms with Crippen molar-refractivity contribution in [3.05, 3.63) is 58.9 Å². The molecule has 1 aliphatic heterocycles. The summed E-state index contributed by atoms with van der Waals surface area (Å²) < 4.78 is 5.20. The fourth-order valence-electron chi connectivity index (χ4n) is 3.56. The van der Waals surface area contributed by atoms with Gasteiger partial charge in [0, 0.05) is 24.8 Å². The Morgan fingerprint density at radius 1 is 1.25 bits per heavy atom. The average molecular weight is 378 g/mol. The number of benzene rings is 2. The number of ether oxygens (including phenoxy) is 1. The standard InChI is InChI=1S/C21H22N4O3/c1-28-16-8-4-7-15(12-16)22-20(26)14-6-5-11-25(13-14)19-21(27)24-18-10-3-2-9-17(18)23-19/h2-4,7-10,12,14H,5-6,11,13H2,1H3,(H,22,26)(H,24,27)/t14-/m1/s1. The first-order valence-electron chi connectivity index (χ1n) is 9.33. The van der Waals surface area contributed by atoms with Crippen LogP contribution in [0.2, 0.25) is 0 Å². The number of rotatable bonds is 4. The summed E-state index contributed by atoms with van der Waals surface area (Å²) in [5.74, 6) is 0.787. The molecule has 28 heavy (non-hydrogen) atoms. The number of aromatic amines is 1. The molecule has 144 valence electrons. The Kier molecular flexibility index (Phi) is 4.97. The number of nitrogens with zero attached hydrogens (tertiary/aromatic N) is 2. The minimum atomic E-state index is -0.229. The molecule has 1 aliphatic rings. The van der Waals surface area contributed by atoms with Gasteiger partial charge in [-0.25, -0.2) is 4.98 Å². The first-order chi connectivity index (χ1) is 13.6. The Morgan fingerprint density at radius 3 is 2.96 bits per heavy atom. The molecule has 1 atom stereocenters. The third-order valence-corrected chi connectivity index (χ3v) is 5.01. The quantitative estimate of drug-likeness (QED) is 0.729. The summed E-state index contributed by atoms with van der Waals surface area (Å²) in [5, 5.41) is 2.95. The van der Waals surface area contributed by atoms with E-state index in [1.165, 1.54) is 0 Å². The molecule has 3 aromatic rings. The lowest BCUT2D eigenvalue weighted by atomic mass is 9.97. The van der Waals surface area contributed by atoms with Crippen LogP contribution in [0.5, 0.6) is 5.75 Å². The fourth-order valence-corrected chi connectivity index (χ4v) is 3.56. The zero-order valence-electron chi connectivity index (χ0n) is 15.6. The number of methoxy groups -OCH3 is 1. The number of hydrogen-bond acceptors (Lipinski definition) is 5. The lowest BCUT2D eigenvalue weighted by Crippen LogP contribution is -2.43. The second kappa shape index (κ2) is 7.72. The predicted molar refractivity (Wildman–Crippen MR) is 109 cm³/mol. The predicted octanol–water partition coefficient (Wildman–Crippen LogP) is 2.79. The molecule has 1 fully saturated rings. The van der Waals surface area contributed by atoms with Crippen LogP contribution in [0.15, 0.2) is 53.3 Å². The summed E-state index contributed by atoms with van der Waals surface area (Å²) >= 11 is 0. The molecule has 0 saturated carbocycles. The Morgan fingerprint density at radius 2 is 2.11 bits per heavy atom. The summed E-state index contributed by atoms with van der Waals surface area (Å²) in [7, 11) is 1.59. The van der Waals surface area contributed by atoms with E-state index in [1.54, 1.807) is 13.2 Å². The first-order valence-corrected chi connectivity index (χ1v) is 9.33. The maximum absolute atomic E-state index is 12.8. The van der Waals surface area contributed by atoms with Crippen LogP contribution in [-0.4, -0.2) is 36.1 Å². The number of anilines is 2. The summed E-state index contributed by atoms with van der Waals surface area (Å²) in [6.07, 6.45) is 1.60. The van der Waals surface area contributed by atoms with Gasteiger partial charge in [0.15, 0.2) is 5.82 Å². The van der Waals surface area contributed by atoms with Gasteiger partial charge in [0.05, 0.1) is 24.1 Å². The molecule has 0 radical (unpaired) electrons. The summed E-state index contributed by atoms with van der Waals surface area (Å²) in [4.78, 5) is 34.6. The summed E-state index contributed by atoms with van der Waals surface area (Å²) in [6.45, 7) is 1.17. The number of fused-ring (bicyclic) bond motifs is 1. The zero-order chi connectivity index (χ0) is 19.5. The molecular weight excluding hydrogens is 356 g/mol. The van der Waals surface area contributed by atoms with Crippen LogP contribution in [0.3, 0.4) is 0 Å². The molecule has 7 nitrogen and oxygen atoms in total. The molecule has 1 aromatic heterocycles. The number of para-hydroxylation sites is 2. The van der Waals surface area contributed by atoms with Crippen molar-refractivity contribution in [2.45, 2.75) is 12.8 Å². The molecule has 2 aromatic carbocycles. The molecule has 4 rings (SSSR count). The number of hydrogen-bond donors (Lipinski definition) is 2. The molecule has 0 bridgehead atoms. The number of amides is 1. The van der Waals surface area contributed by atoms with Gasteiger partial charge >= 0.3 is 0 Å². The molecule has 2 heterocycles. The average Bonchev–Trinajstić information content (AvgIpc) is 2.73. The van der Waals surface area contributed by atoms with Crippen molar-refractivity contribution in [3.63, 3.8) is 0 Å². The number of H-pyrrole nitrogens is 1. The maximum atomic E-state index is 12.8. The third-order valence-electron chi connectivity index (χ3n) is 5.01. The Labute approximate surface area is 162 Å². The van der Waals surface area contributed by atoms with Crippen LogP contribution < -0.4 is 20.5 Å². The van der Waals surface area contributed by atoms with E-state index >= 15 is 0 Å². The summed E-state index contributed by atoms with van der Waals surface area (Å²) in [5.41, 5.74) is 1.91. The zero-order valence-corrected chi connectivity index (χ0v) is 15.6. The van der Waals surface area contributed by atoms with Crippen LogP contribution >= 0.6 is 0 Å². The van der Waals surface area contributed by atoms with Crippen LogP contribution in [0.1, 0.15) is 12.8 Å². The van der Waals surface area contributed by atoms with Crippen LogP contribution in [-0.2, 0) is 4.79 Å². The van der Waals surface area contributed by atoms with Gasteiger partial charge in [0.1, 0.15) is 5.75 Å². The molecule has 1 amide bonds. The van der Waals surface area contributed by atoms with E-state index in [1.807, 2.05) is 47.4 Å². The van der Waals surface area contributed by atoms with Gasteiger partial charge in [0.25, 0.3) is 5.56 Å². The van der Waals surface area contributed by atoms with E-state index in [0.29, 0.717) is 35.9 Å². The van der Waals surface area contributed by atoms with Crippen molar-refractivity contribution in [2.24, 2.45) is 5.92 Å². The monoisotopic (exact) mass is 378 g/mol. The Hall–Kier alpha value is -3.35. The van der Waals surface area contributed by atoms with E-state index in [9.17, 15) is 9.59 Å². The molecule has 1 saturated heterocycles. The van der Waals surface area contributed by atoms with Crippen molar-refractivity contribution >= 4 is 28.4 Å². The van der Waals surface area contributed by atoms with Gasteiger partial charge in [-0.15, -0.1) is 0 Å². The minimum absolute atomic E-state index is 0.0600. The van der Waals surface area contributed by atoms with Crippen molar-refractivity contribution in [1.82, 2.24) is 9.97 Å². The fraction of sp³-hybridized carbons (Fsp3) is 0.286. The molecule has 0 spiro atoms. The Bertz CT molecular complexity index is 1060. The minimum Gasteiger partial charge on any atom is -0.497 e. The van der Waals surface area contributed by atoms with E-state index < -0.39 is 0 Å². The van der Waals surface area contributed by atoms with Crippen LogP contribution in [0.25, 0.3) is 11.0 Å². The van der Waals surface area contributed by atoms with Gasteiger partial charge in [-0.2, -0.15) is 0 Å². The van der Waals surface area contributed by atoms with Gasteiger partial charge in [-0.3, -0.25) is 9.59 Å². The lowest BCUT2D eigenvalue weighted by Gasteiger charge is -2.32. The highest BCUT2D eigenvalue weighted by Gasteiger charge is 2.28. The molecule has 7 heteroatoms. The van der Waals surface area contributed by atoms with E-state index in [4.69, 9.17) is 4.74 Å². The van der Waals surface area contributed by atoms with Crippen LogP contribution in [0, 0.1) is 5.92 Å². The van der Waals surface area contributed by atoms with Crippen molar-refractivity contribution in [2.75, 3.05) is 30.4 Å². The highest BCUT2D eigenvalue weighted by Crippen LogP contribution is 2.23. The number of carbonyl (C=O) groups is 1. The van der Waals surface area contributed by atoms with Gasteiger partial charge < -0.3 is 19.9 Å². The molecule has 0 aliphatic carbocycles. The second-order valence-electron chi connectivity index (χ2n) is 6.91. The van der Waals surface area contributed by atoms with E-state index in [0.717, 1.165) is 18.4 Å². The molecule has 2 N–H and O–H groups in total. The van der Waals surface area contributed by atoms with Crippen molar-refractivity contribution in [1.29, 1.82) is 0 Å². The summed E-state index contributed by atoms with van der Waals surface area (Å²) in [6, 6.07) is 14.7. The molecule has 0 unspecified atom stereocenters. The van der Waals surface area contributed by atoms with Gasteiger partial charge in [0.2, 0.25) is 5.91 Å².